The molecule has 1 heterocycles. The largest absolute Gasteiger partial charge is 0.491 e. The number of halogens is 1. The predicted molar refractivity (Wildman–Crippen MR) is 75.3 cm³/mol. The average molecular weight is 280 g/mol. The normalized spacial score (nSPS) is 10.8. The summed E-state index contributed by atoms with van der Waals surface area (Å²) in [7, 11) is 0. The van der Waals surface area contributed by atoms with E-state index in [1.165, 1.54) is 23.6 Å². The Bertz CT molecular complexity index is 585. The van der Waals surface area contributed by atoms with Gasteiger partial charge in [-0.15, -0.1) is 11.3 Å². The second kappa shape index (κ2) is 6.14. The van der Waals surface area contributed by atoms with Crippen LogP contribution in [0, 0.1) is 5.82 Å². The first-order chi connectivity index (χ1) is 9.19. The molecule has 0 atom stereocenters. The lowest BCUT2D eigenvalue weighted by molar-refractivity contribution is 0.321. The molecule has 0 fully saturated rings. The van der Waals surface area contributed by atoms with E-state index in [9.17, 15) is 4.39 Å². The van der Waals surface area contributed by atoms with Crippen LogP contribution >= 0.6 is 11.3 Å². The molecule has 0 bridgehead atoms. The van der Waals surface area contributed by atoms with Crippen molar-refractivity contribution in [2.75, 3.05) is 17.8 Å². The molecule has 0 radical (unpaired) electrons. The maximum Gasteiger partial charge on any atom is 0.205 e. The molecule has 0 aliphatic rings. The summed E-state index contributed by atoms with van der Waals surface area (Å²) in [6.45, 7) is 2.23. The fourth-order valence-electron chi connectivity index (χ4n) is 1.37. The molecule has 0 aliphatic heterocycles. The summed E-state index contributed by atoms with van der Waals surface area (Å²) in [5, 5.41) is 6.24. The zero-order chi connectivity index (χ0) is 13.7. The van der Waals surface area contributed by atoms with Gasteiger partial charge in [0.25, 0.3) is 0 Å². The maximum absolute atomic E-state index is 13.6. The van der Waals surface area contributed by atoms with Crippen molar-refractivity contribution in [3.8, 4) is 5.75 Å². The Hall–Kier alpha value is -2.15. The molecule has 100 valence electrons. The van der Waals surface area contributed by atoms with Gasteiger partial charge < -0.3 is 10.5 Å². The van der Waals surface area contributed by atoms with Gasteiger partial charge in [0.05, 0.1) is 12.8 Å². The van der Waals surface area contributed by atoms with Crippen LogP contribution in [0.1, 0.15) is 12.5 Å². The number of hydrogen-bond acceptors (Lipinski definition) is 6. The van der Waals surface area contributed by atoms with Gasteiger partial charge in [0, 0.05) is 5.38 Å². The van der Waals surface area contributed by atoms with E-state index in [4.69, 9.17) is 10.5 Å². The van der Waals surface area contributed by atoms with E-state index in [1.807, 2.05) is 0 Å². The number of anilines is 2. The van der Waals surface area contributed by atoms with E-state index in [0.717, 1.165) is 0 Å². The van der Waals surface area contributed by atoms with Crippen molar-refractivity contribution < 1.29 is 9.13 Å². The van der Waals surface area contributed by atoms with E-state index in [1.54, 1.807) is 24.4 Å². The Morgan fingerprint density at radius 1 is 1.58 bits per heavy atom. The molecular weight excluding hydrogens is 267 g/mol. The van der Waals surface area contributed by atoms with E-state index in [-0.39, 0.29) is 5.75 Å². The van der Waals surface area contributed by atoms with Crippen molar-refractivity contribution >= 4 is 28.5 Å². The lowest BCUT2D eigenvalue weighted by Crippen LogP contribution is -1.96. The number of nitrogens with zero attached hydrogens (tertiary/aromatic N) is 2. The standard InChI is InChI=1S/C12H13FN4OS/c1-2-18-10-4-3-8(5-9(10)13)6-15-17-12-16-11(14)7-19-12/h3-7H,2,14H2,1H3,(H,16,17). The number of aromatic nitrogens is 1. The topological polar surface area (TPSA) is 72.5 Å². The second-order valence-corrected chi connectivity index (χ2v) is 4.43. The van der Waals surface area contributed by atoms with Crippen LogP contribution in [0.25, 0.3) is 0 Å². The summed E-state index contributed by atoms with van der Waals surface area (Å²) in [6, 6.07) is 4.64. The molecule has 0 aliphatic carbocycles. The number of rotatable bonds is 5. The van der Waals surface area contributed by atoms with Crippen molar-refractivity contribution in [1.82, 2.24) is 4.98 Å². The average Bonchev–Trinajstić information content (AvgIpc) is 2.79. The van der Waals surface area contributed by atoms with Gasteiger partial charge in [-0.3, -0.25) is 5.43 Å². The van der Waals surface area contributed by atoms with E-state index in [0.29, 0.717) is 23.1 Å². The highest BCUT2D eigenvalue weighted by Crippen LogP contribution is 2.18. The van der Waals surface area contributed by atoms with Crippen molar-refractivity contribution in [2.24, 2.45) is 5.10 Å². The van der Waals surface area contributed by atoms with Crippen LogP contribution in [0.3, 0.4) is 0 Å². The Balaban J connectivity index is 2.00. The van der Waals surface area contributed by atoms with Gasteiger partial charge >= 0.3 is 0 Å². The Morgan fingerprint density at radius 2 is 2.42 bits per heavy atom. The highest BCUT2D eigenvalue weighted by Gasteiger charge is 2.02. The molecule has 1 aromatic heterocycles. The lowest BCUT2D eigenvalue weighted by Gasteiger charge is -2.04. The first-order valence-corrected chi connectivity index (χ1v) is 6.49. The van der Waals surface area contributed by atoms with Gasteiger partial charge in [-0.25, -0.2) is 9.37 Å². The van der Waals surface area contributed by atoms with Crippen LogP contribution < -0.4 is 15.9 Å². The molecule has 0 saturated carbocycles. The van der Waals surface area contributed by atoms with Gasteiger partial charge in [-0.2, -0.15) is 5.10 Å². The van der Waals surface area contributed by atoms with Crippen LogP contribution in [-0.4, -0.2) is 17.8 Å². The minimum Gasteiger partial charge on any atom is -0.491 e. The molecule has 3 N–H and O–H groups in total. The van der Waals surface area contributed by atoms with E-state index in [2.05, 4.69) is 15.5 Å². The number of hydrogen-bond donors (Lipinski definition) is 2. The van der Waals surface area contributed by atoms with Crippen molar-refractivity contribution in [3.05, 3.63) is 35.0 Å². The lowest BCUT2D eigenvalue weighted by atomic mass is 10.2. The molecule has 0 spiro atoms. The predicted octanol–water partition coefficient (Wildman–Crippen LogP) is 2.71. The Morgan fingerprint density at radius 3 is 3.05 bits per heavy atom. The molecule has 0 unspecified atom stereocenters. The SMILES string of the molecule is CCOc1ccc(C=NNc2nc(N)cs2)cc1F. The van der Waals surface area contributed by atoms with Gasteiger partial charge in [0.1, 0.15) is 5.82 Å². The third-order valence-corrected chi connectivity index (χ3v) is 2.92. The first-order valence-electron chi connectivity index (χ1n) is 5.61. The summed E-state index contributed by atoms with van der Waals surface area (Å²) in [5.41, 5.74) is 8.81. The zero-order valence-electron chi connectivity index (χ0n) is 10.3. The first kappa shape index (κ1) is 13.3. The minimum absolute atomic E-state index is 0.236. The van der Waals surface area contributed by atoms with Gasteiger partial charge in [0.15, 0.2) is 11.6 Å². The summed E-state index contributed by atoms with van der Waals surface area (Å²) >= 11 is 1.34. The van der Waals surface area contributed by atoms with Gasteiger partial charge in [0.2, 0.25) is 5.13 Å². The second-order valence-electron chi connectivity index (χ2n) is 3.57. The molecule has 0 amide bonds. The number of thiazole rings is 1. The highest BCUT2D eigenvalue weighted by molar-refractivity contribution is 7.14. The van der Waals surface area contributed by atoms with Gasteiger partial charge in [-0.05, 0) is 30.7 Å². The van der Waals surface area contributed by atoms with Crippen LogP contribution in [0.4, 0.5) is 15.3 Å². The third kappa shape index (κ3) is 3.65. The Kier molecular flexibility index (Phi) is 4.30. The maximum atomic E-state index is 13.6. The number of nitrogen functional groups attached to an aromatic ring is 1. The molecule has 2 aromatic rings. The van der Waals surface area contributed by atoms with Crippen LogP contribution in [-0.2, 0) is 0 Å². The number of nitrogens with two attached hydrogens (primary N) is 1. The van der Waals surface area contributed by atoms with Crippen molar-refractivity contribution in [2.45, 2.75) is 6.92 Å². The molecule has 5 nitrogen and oxygen atoms in total. The van der Waals surface area contributed by atoms with Crippen molar-refractivity contribution in [3.63, 3.8) is 0 Å². The molecule has 2 rings (SSSR count). The smallest absolute Gasteiger partial charge is 0.205 e. The number of benzene rings is 1. The van der Waals surface area contributed by atoms with Crippen molar-refractivity contribution in [1.29, 1.82) is 0 Å². The fraction of sp³-hybridized carbons (Fsp3) is 0.167. The molecule has 7 heteroatoms. The summed E-state index contributed by atoms with van der Waals surface area (Å²) in [4.78, 5) is 3.98. The third-order valence-electron chi connectivity index (χ3n) is 2.15. The van der Waals surface area contributed by atoms with Crippen LogP contribution in [0.15, 0.2) is 28.7 Å². The molecule has 0 saturated heterocycles. The number of nitrogens with one attached hydrogen (secondary N) is 1. The summed E-state index contributed by atoms with van der Waals surface area (Å²) in [5.74, 6) is 0.263. The van der Waals surface area contributed by atoms with E-state index >= 15 is 0 Å². The zero-order valence-corrected chi connectivity index (χ0v) is 11.1. The number of hydrazone groups is 1. The van der Waals surface area contributed by atoms with Crippen LogP contribution in [0.2, 0.25) is 0 Å². The fourth-order valence-corrected chi connectivity index (χ4v) is 1.92. The molecule has 1 aromatic carbocycles. The Labute approximate surface area is 113 Å². The van der Waals surface area contributed by atoms with Gasteiger partial charge in [-0.1, -0.05) is 0 Å². The molecular formula is C12H13FN4OS. The highest BCUT2D eigenvalue weighted by atomic mass is 32.1. The van der Waals surface area contributed by atoms with Crippen LogP contribution in [0.5, 0.6) is 5.75 Å². The molecule has 19 heavy (non-hydrogen) atoms. The summed E-state index contributed by atoms with van der Waals surface area (Å²) in [6.07, 6.45) is 1.50. The van der Waals surface area contributed by atoms with E-state index < -0.39 is 5.82 Å². The monoisotopic (exact) mass is 280 g/mol. The quantitative estimate of drug-likeness (QED) is 0.652. The minimum atomic E-state index is -0.413. The summed E-state index contributed by atoms with van der Waals surface area (Å²) < 4.78 is 18.7. The number of ether oxygens (including phenoxy) is 1.